The third-order valence-corrected chi connectivity index (χ3v) is 4.21. The van der Waals surface area contributed by atoms with Crippen LogP contribution >= 0.6 is 43.2 Å². The Hall–Kier alpha value is -0.590. The minimum absolute atomic E-state index is 0.285. The van der Waals surface area contributed by atoms with Crippen LogP contribution in [0.5, 0.6) is 5.75 Å². The topological polar surface area (TPSA) is 35.2 Å². The smallest absolute Gasteiger partial charge is 0.157 e. The van der Waals surface area contributed by atoms with Crippen molar-refractivity contribution in [1.82, 2.24) is 0 Å². The molecule has 0 amide bonds. The van der Waals surface area contributed by atoms with Gasteiger partial charge in [0.1, 0.15) is 12.4 Å². The lowest BCUT2D eigenvalue weighted by Gasteiger charge is -2.10. The number of hydrogen-bond acceptors (Lipinski definition) is 3. The molecule has 1 aromatic carbocycles. The van der Waals surface area contributed by atoms with E-state index in [1.807, 2.05) is 12.1 Å². The maximum Gasteiger partial charge on any atom is 0.157 e. The van der Waals surface area contributed by atoms with Gasteiger partial charge in [0.2, 0.25) is 0 Å². The van der Waals surface area contributed by atoms with Crippen molar-refractivity contribution >= 4 is 48.9 Å². The molecule has 17 heavy (non-hydrogen) atoms. The minimum Gasteiger partial charge on any atom is -0.485 e. The zero-order valence-electron chi connectivity index (χ0n) is 8.54. The molecule has 0 radical (unpaired) electrons. The number of anilines is 1. The predicted molar refractivity (Wildman–Crippen MR) is 74.9 cm³/mol. The van der Waals surface area contributed by atoms with Gasteiger partial charge in [0.05, 0.1) is 13.9 Å². The molecule has 2 nitrogen and oxygen atoms in total. The first-order chi connectivity index (χ1) is 8.06. The Morgan fingerprint density at radius 2 is 2.06 bits per heavy atom. The van der Waals surface area contributed by atoms with Gasteiger partial charge in [-0.05, 0) is 50.1 Å². The highest BCUT2D eigenvalue weighted by Gasteiger charge is 2.09. The number of benzene rings is 1. The summed E-state index contributed by atoms with van der Waals surface area (Å²) in [5.41, 5.74) is 5.98. The summed E-state index contributed by atoms with van der Waals surface area (Å²) in [7, 11) is 0. The van der Waals surface area contributed by atoms with Crippen LogP contribution in [0, 0.1) is 5.82 Å². The average Bonchev–Trinajstić information content (AvgIpc) is 2.62. The first-order valence-corrected chi connectivity index (χ1v) is 7.08. The van der Waals surface area contributed by atoms with Crippen LogP contribution in [0.2, 0.25) is 0 Å². The van der Waals surface area contributed by atoms with Crippen LogP contribution < -0.4 is 10.5 Å². The number of nitrogens with two attached hydrogens (primary N) is 1. The van der Waals surface area contributed by atoms with Gasteiger partial charge < -0.3 is 10.5 Å². The van der Waals surface area contributed by atoms with Crippen LogP contribution in [0.25, 0.3) is 0 Å². The molecule has 0 aliphatic rings. The Bertz CT molecular complexity index is 521. The lowest BCUT2D eigenvalue weighted by Crippen LogP contribution is -1.99. The Kier molecular flexibility index (Phi) is 4.06. The molecule has 0 atom stereocenters. The number of nitrogen functional groups attached to an aromatic ring is 1. The van der Waals surface area contributed by atoms with Crippen molar-refractivity contribution in [3.8, 4) is 5.75 Å². The third-order valence-electron chi connectivity index (χ3n) is 2.02. The lowest BCUT2D eigenvalue weighted by atomic mass is 10.3. The molecule has 6 heteroatoms. The maximum absolute atomic E-state index is 13.0. The summed E-state index contributed by atoms with van der Waals surface area (Å²) in [4.78, 5) is 1.06. The molecule has 1 heterocycles. The Labute approximate surface area is 119 Å². The van der Waals surface area contributed by atoms with E-state index < -0.39 is 0 Å². The quantitative estimate of drug-likeness (QED) is 0.791. The highest BCUT2D eigenvalue weighted by Crippen LogP contribution is 2.33. The normalized spacial score (nSPS) is 10.5. The van der Waals surface area contributed by atoms with Crippen LogP contribution in [0.3, 0.4) is 0 Å². The van der Waals surface area contributed by atoms with Gasteiger partial charge in [-0.2, -0.15) is 0 Å². The van der Waals surface area contributed by atoms with Crippen LogP contribution in [-0.4, -0.2) is 0 Å². The zero-order valence-corrected chi connectivity index (χ0v) is 12.5. The summed E-state index contributed by atoms with van der Waals surface area (Å²) in [5.74, 6) is 0.0801. The highest BCUT2D eigenvalue weighted by molar-refractivity contribution is 9.11. The van der Waals surface area contributed by atoms with Gasteiger partial charge in [-0.1, -0.05) is 0 Å². The van der Waals surface area contributed by atoms with E-state index in [-0.39, 0.29) is 11.5 Å². The fraction of sp³-hybridized carbons (Fsp3) is 0.0909. The van der Waals surface area contributed by atoms with E-state index in [1.165, 1.54) is 12.1 Å². The summed E-state index contributed by atoms with van der Waals surface area (Å²) in [6, 6.07) is 6.48. The number of ether oxygens (including phenoxy) is 1. The number of rotatable bonds is 3. The summed E-state index contributed by atoms with van der Waals surface area (Å²) < 4.78 is 20.1. The Morgan fingerprint density at radius 3 is 2.65 bits per heavy atom. The fourth-order valence-corrected chi connectivity index (χ4v) is 3.26. The zero-order chi connectivity index (χ0) is 12.4. The van der Waals surface area contributed by atoms with Gasteiger partial charge in [0.25, 0.3) is 0 Å². The van der Waals surface area contributed by atoms with Gasteiger partial charge in [0, 0.05) is 10.9 Å². The minimum atomic E-state index is -0.388. The van der Waals surface area contributed by atoms with Crippen LogP contribution in [0.15, 0.2) is 32.5 Å². The summed E-state index contributed by atoms with van der Waals surface area (Å²) in [6.45, 7) is 0.407. The SMILES string of the molecule is Nc1cc(F)cc(Br)c1OCc1ccc(Br)s1. The molecule has 0 saturated heterocycles. The third kappa shape index (κ3) is 3.20. The van der Waals surface area contributed by atoms with Gasteiger partial charge in [-0.25, -0.2) is 4.39 Å². The lowest BCUT2D eigenvalue weighted by molar-refractivity contribution is 0.309. The van der Waals surface area contributed by atoms with E-state index in [0.717, 1.165) is 8.66 Å². The molecule has 1 aromatic heterocycles. The highest BCUT2D eigenvalue weighted by atomic mass is 79.9. The first-order valence-electron chi connectivity index (χ1n) is 4.68. The molecular weight excluding hydrogens is 373 g/mol. The van der Waals surface area contributed by atoms with E-state index in [0.29, 0.717) is 16.8 Å². The second-order valence-electron chi connectivity index (χ2n) is 3.30. The molecule has 0 unspecified atom stereocenters. The predicted octanol–water partition coefficient (Wildman–Crippen LogP) is 4.57. The molecule has 0 fully saturated rings. The summed E-state index contributed by atoms with van der Waals surface area (Å²) in [5, 5.41) is 0. The van der Waals surface area contributed by atoms with Gasteiger partial charge in [-0.15, -0.1) is 11.3 Å². The van der Waals surface area contributed by atoms with Gasteiger partial charge in [0.15, 0.2) is 5.75 Å². The van der Waals surface area contributed by atoms with Gasteiger partial charge >= 0.3 is 0 Å². The van der Waals surface area contributed by atoms with Crippen molar-refractivity contribution in [2.24, 2.45) is 0 Å². The summed E-state index contributed by atoms with van der Waals surface area (Å²) in [6.07, 6.45) is 0. The molecule has 0 spiro atoms. The number of thiophene rings is 1. The Balaban J connectivity index is 2.14. The van der Waals surface area contributed by atoms with Crippen molar-refractivity contribution in [2.75, 3.05) is 5.73 Å². The number of halogens is 3. The monoisotopic (exact) mass is 379 g/mol. The standard InChI is InChI=1S/C11H8Br2FNOS/c12-8-3-6(14)4-9(15)11(8)16-5-7-1-2-10(13)17-7/h1-4H,5,15H2. The first kappa shape index (κ1) is 12.9. The van der Waals surface area contributed by atoms with Crippen LogP contribution in [-0.2, 0) is 6.61 Å². The second kappa shape index (κ2) is 5.37. The largest absolute Gasteiger partial charge is 0.485 e. The van der Waals surface area contributed by atoms with Crippen molar-refractivity contribution in [1.29, 1.82) is 0 Å². The van der Waals surface area contributed by atoms with Crippen molar-refractivity contribution in [3.05, 3.63) is 43.2 Å². The van der Waals surface area contributed by atoms with Crippen molar-refractivity contribution in [2.45, 2.75) is 6.61 Å². The number of hydrogen-bond donors (Lipinski definition) is 1. The van der Waals surface area contributed by atoms with Crippen molar-refractivity contribution < 1.29 is 9.13 Å². The second-order valence-corrected chi connectivity index (χ2v) is 6.70. The molecule has 2 N–H and O–H groups in total. The van der Waals surface area contributed by atoms with E-state index in [4.69, 9.17) is 10.5 Å². The molecule has 2 rings (SSSR count). The molecule has 90 valence electrons. The van der Waals surface area contributed by atoms with E-state index in [1.54, 1.807) is 11.3 Å². The van der Waals surface area contributed by atoms with E-state index in [9.17, 15) is 4.39 Å². The molecule has 0 bridgehead atoms. The van der Waals surface area contributed by atoms with E-state index in [2.05, 4.69) is 31.9 Å². The van der Waals surface area contributed by atoms with Crippen molar-refractivity contribution in [3.63, 3.8) is 0 Å². The van der Waals surface area contributed by atoms with Crippen LogP contribution in [0.1, 0.15) is 4.88 Å². The van der Waals surface area contributed by atoms with E-state index >= 15 is 0 Å². The molecule has 0 saturated carbocycles. The summed E-state index contributed by atoms with van der Waals surface area (Å²) >= 11 is 8.19. The molecule has 0 aliphatic heterocycles. The Morgan fingerprint density at radius 1 is 1.29 bits per heavy atom. The molecule has 2 aromatic rings. The molecule has 0 aliphatic carbocycles. The maximum atomic E-state index is 13.0. The fourth-order valence-electron chi connectivity index (χ4n) is 1.31. The molecular formula is C11H8Br2FNOS. The van der Waals surface area contributed by atoms with Gasteiger partial charge in [-0.3, -0.25) is 0 Å². The average molecular weight is 381 g/mol. The van der Waals surface area contributed by atoms with Crippen LogP contribution in [0.4, 0.5) is 10.1 Å².